The lowest BCUT2D eigenvalue weighted by molar-refractivity contribution is 0.305. The van der Waals surface area contributed by atoms with Crippen LogP contribution in [0.15, 0.2) is 41.5 Å². The number of benzene rings is 1. The number of aliphatic imine (C=N–C) groups is 1. The maximum atomic E-state index is 4.80. The lowest BCUT2D eigenvalue weighted by atomic mass is 9.96. The molecular formula is C19H24IN7. The fourth-order valence-corrected chi connectivity index (χ4v) is 3.99. The van der Waals surface area contributed by atoms with Crippen LogP contribution in [0.1, 0.15) is 24.6 Å². The van der Waals surface area contributed by atoms with Gasteiger partial charge in [0, 0.05) is 44.9 Å². The van der Waals surface area contributed by atoms with E-state index in [-0.39, 0.29) is 24.0 Å². The Morgan fingerprint density at radius 2 is 1.89 bits per heavy atom. The van der Waals surface area contributed by atoms with Crippen molar-refractivity contribution in [3.05, 3.63) is 42.4 Å². The van der Waals surface area contributed by atoms with E-state index in [9.17, 15) is 0 Å². The Balaban J connectivity index is 0.00000180. The van der Waals surface area contributed by atoms with Gasteiger partial charge in [-0.2, -0.15) is 5.10 Å². The number of H-pyrrole nitrogens is 1. The molecule has 2 aromatic heterocycles. The Morgan fingerprint density at radius 3 is 2.63 bits per heavy atom. The second-order valence-corrected chi connectivity index (χ2v) is 7.08. The van der Waals surface area contributed by atoms with Crippen LogP contribution in [-0.2, 0) is 7.05 Å². The second kappa shape index (κ2) is 7.49. The number of fused-ring (bicyclic) bond motifs is 1. The van der Waals surface area contributed by atoms with Crippen LogP contribution in [0.5, 0.6) is 0 Å². The van der Waals surface area contributed by atoms with Gasteiger partial charge < -0.3 is 9.88 Å². The average molecular weight is 477 g/mol. The predicted molar refractivity (Wildman–Crippen MR) is 118 cm³/mol. The van der Waals surface area contributed by atoms with E-state index >= 15 is 0 Å². The van der Waals surface area contributed by atoms with Crippen molar-refractivity contribution in [1.29, 1.82) is 0 Å². The molecule has 0 atom stereocenters. The Kier molecular flexibility index (Phi) is 5.07. The van der Waals surface area contributed by atoms with E-state index in [0.717, 1.165) is 67.7 Å². The van der Waals surface area contributed by atoms with E-state index in [2.05, 4.69) is 44.1 Å². The fraction of sp³-hybridized carbons (Fsp3) is 0.421. The highest BCUT2D eigenvalue weighted by Crippen LogP contribution is 2.29. The normalized spacial score (nSPS) is 18.0. The van der Waals surface area contributed by atoms with Crippen molar-refractivity contribution in [2.45, 2.75) is 18.8 Å². The minimum Gasteiger partial charge on any atom is -0.342 e. The molecule has 8 heteroatoms. The van der Waals surface area contributed by atoms with Gasteiger partial charge in [0.1, 0.15) is 5.82 Å². The van der Waals surface area contributed by atoms with Gasteiger partial charge in [0.25, 0.3) is 0 Å². The zero-order valence-corrected chi connectivity index (χ0v) is 17.7. The van der Waals surface area contributed by atoms with E-state index < -0.39 is 0 Å². The maximum absolute atomic E-state index is 4.80. The molecule has 3 aromatic rings. The number of aryl methyl sites for hydroxylation is 1. The van der Waals surface area contributed by atoms with Gasteiger partial charge in [0.2, 0.25) is 5.96 Å². The molecule has 0 amide bonds. The monoisotopic (exact) mass is 477 g/mol. The number of nitrogens with one attached hydrogen (secondary N) is 1. The molecule has 27 heavy (non-hydrogen) atoms. The topological polar surface area (TPSA) is 65.3 Å². The van der Waals surface area contributed by atoms with Crippen LogP contribution in [0.3, 0.4) is 0 Å². The SMILES string of the molecule is Cn1ccc(N2CCN=C2N2CCC(c3nc4ccccc4[nH]3)CC2)n1.I. The minimum absolute atomic E-state index is 0. The number of rotatable bonds is 2. The zero-order chi connectivity index (χ0) is 17.5. The molecule has 1 saturated heterocycles. The fourth-order valence-electron chi connectivity index (χ4n) is 3.99. The molecule has 0 saturated carbocycles. The second-order valence-electron chi connectivity index (χ2n) is 7.08. The van der Waals surface area contributed by atoms with Gasteiger partial charge in [-0.05, 0) is 25.0 Å². The Morgan fingerprint density at radius 1 is 1.07 bits per heavy atom. The third-order valence-corrected chi connectivity index (χ3v) is 5.37. The molecule has 0 unspecified atom stereocenters. The van der Waals surface area contributed by atoms with Crippen LogP contribution < -0.4 is 4.90 Å². The number of aromatic nitrogens is 4. The molecule has 142 valence electrons. The number of piperidine rings is 1. The molecule has 2 aliphatic rings. The van der Waals surface area contributed by atoms with Gasteiger partial charge in [-0.25, -0.2) is 4.98 Å². The highest BCUT2D eigenvalue weighted by molar-refractivity contribution is 14.0. The molecule has 7 nitrogen and oxygen atoms in total. The first kappa shape index (κ1) is 18.3. The maximum Gasteiger partial charge on any atom is 0.202 e. The number of anilines is 1. The summed E-state index contributed by atoms with van der Waals surface area (Å²) >= 11 is 0. The highest BCUT2D eigenvalue weighted by atomic mass is 127. The van der Waals surface area contributed by atoms with Gasteiger partial charge >= 0.3 is 0 Å². The number of aromatic amines is 1. The zero-order valence-electron chi connectivity index (χ0n) is 15.4. The van der Waals surface area contributed by atoms with Crippen LogP contribution in [0, 0.1) is 0 Å². The van der Waals surface area contributed by atoms with Crippen molar-refractivity contribution >= 4 is 46.8 Å². The van der Waals surface area contributed by atoms with Crippen molar-refractivity contribution < 1.29 is 0 Å². The molecule has 1 aromatic carbocycles. The van der Waals surface area contributed by atoms with Crippen molar-refractivity contribution in [3.8, 4) is 0 Å². The molecule has 0 bridgehead atoms. The van der Waals surface area contributed by atoms with Gasteiger partial charge in [-0.1, -0.05) is 12.1 Å². The summed E-state index contributed by atoms with van der Waals surface area (Å²) in [6.45, 7) is 3.76. The van der Waals surface area contributed by atoms with E-state index in [1.54, 1.807) is 0 Å². The van der Waals surface area contributed by atoms with E-state index in [1.807, 2.05) is 24.0 Å². The summed E-state index contributed by atoms with van der Waals surface area (Å²) in [6, 6.07) is 10.3. The summed E-state index contributed by atoms with van der Waals surface area (Å²) in [5, 5.41) is 4.54. The van der Waals surface area contributed by atoms with Crippen LogP contribution in [-0.4, -0.2) is 56.8 Å². The third-order valence-electron chi connectivity index (χ3n) is 5.37. The van der Waals surface area contributed by atoms with Crippen molar-refractivity contribution in [1.82, 2.24) is 24.6 Å². The Bertz CT molecular complexity index is 919. The summed E-state index contributed by atoms with van der Waals surface area (Å²) < 4.78 is 1.85. The van der Waals surface area contributed by atoms with E-state index in [4.69, 9.17) is 9.98 Å². The molecule has 5 rings (SSSR count). The van der Waals surface area contributed by atoms with Crippen LogP contribution >= 0.6 is 24.0 Å². The molecule has 0 spiro atoms. The van der Waals surface area contributed by atoms with E-state index in [0.29, 0.717) is 5.92 Å². The number of imidazole rings is 1. The standard InChI is InChI=1S/C19H23N7.HI/c1-24-10-8-17(23-24)26-13-9-20-19(26)25-11-6-14(7-12-25)18-21-15-4-2-3-5-16(15)22-18;/h2-5,8,10,14H,6-7,9,11-13H2,1H3,(H,21,22);1H. The summed E-state index contributed by atoms with van der Waals surface area (Å²) in [5.74, 6) is 3.68. The Labute approximate surface area is 175 Å². The third kappa shape index (κ3) is 3.42. The largest absolute Gasteiger partial charge is 0.342 e. The molecule has 0 radical (unpaired) electrons. The Hall–Kier alpha value is -2.10. The van der Waals surface area contributed by atoms with Crippen LogP contribution in [0.2, 0.25) is 0 Å². The van der Waals surface area contributed by atoms with E-state index in [1.165, 1.54) is 0 Å². The first-order valence-electron chi connectivity index (χ1n) is 9.29. The van der Waals surface area contributed by atoms with Gasteiger partial charge in [-0.3, -0.25) is 14.6 Å². The highest BCUT2D eigenvalue weighted by Gasteiger charge is 2.30. The number of guanidine groups is 1. The molecule has 1 fully saturated rings. The van der Waals surface area contributed by atoms with Crippen LogP contribution in [0.4, 0.5) is 5.82 Å². The molecular weight excluding hydrogens is 453 g/mol. The smallest absolute Gasteiger partial charge is 0.202 e. The van der Waals surface area contributed by atoms with Gasteiger partial charge in [0.05, 0.1) is 17.6 Å². The lowest BCUT2D eigenvalue weighted by Gasteiger charge is -2.35. The molecule has 1 N–H and O–H groups in total. The number of hydrogen-bond donors (Lipinski definition) is 1. The van der Waals surface area contributed by atoms with Gasteiger partial charge in [-0.15, -0.1) is 24.0 Å². The average Bonchev–Trinajstić information content (AvgIpc) is 3.40. The number of halogens is 1. The summed E-state index contributed by atoms with van der Waals surface area (Å²) in [4.78, 5) is 17.7. The first-order chi connectivity index (χ1) is 12.8. The molecule has 4 heterocycles. The lowest BCUT2D eigenvalue weighted by Crippen LogP contribution is -2.46. The minimum atomic E-state index is 0. The summed E-state index contributed by atoms with van der Waals surface area (Å²) in [5.41, 5.74) is 2.19. The number of likely N-dealkylation sites (tertiary alicyclic amines) is 1. The van der Waals surface area contributed by atoms with Crippen LogP contribution in [0.25, 0.3) is 11.0 Å². The first-order valence-corrected chi connectivity index (χ1v) is 9.29. The number of nitrogens with zero attached hydrogens (tertiary/aromatic N) is 6. The van der Waals surface area contributed by atoms with Crippen molar-refractivity contribution in [3.63, 3.8) is 0 Å². The molecule has 0 aliphatic carbocycles. The predicted octanol–water partition coefficient (Wildman–Crippen LogP) is 2.97. The summed E-state index contributed by atoms with van der Waals surface area (Å²) in [6.07, 6.45) is 4.17. The molecule has 2 aliphatic heterocycles. The number of para-hydroxylation sites is 2. The summed E-state index contributed by atoms with van der Waals surface area (Å²) in [7, 11) is 1.95. The van der Waals surface area contributed by atoms with Crippen molar-refractivity contribution in [2.75, 3.05) is 31.1 Å². The number of hydrogen-bond acceptors (Lipinski definition) is 5. The quantitative estimate of drug-likeness (QED) is 0.577. The van der Waals surface area contributed by atoms with Gasteiger partial charge in [0.15, 0.2) is 5.82 Å². The van der Waals surface area contributed by atoms with Crippen molar-refractivity contribution in [2.24, 2.45) is 12.0 Å².